The third kappa shape index (κ3) is 4.72. The van der Waals surface area contributed by atoms with Crippen molar-refractivity contribution in [3.63, 3.8) is 0 Å². The van der Waals surface area contributed by atoms with Crippen LogP contribution in [0.25, 0.3) is 0 Å². The fraction of sp³-hybridized carbons (Fsp3) is 0.625. The Morgan fingerprint density at radius 3 is 3.05 bits per heavy atom. The van der Waals surface area contributed by atoms with E-state index < -0.39 is 0 Å². The highest BCUT2D eigenvalue weighted by Gasteiger charge is 2.21. The lowest BCUT2D eigenvalue weighted by molar-refractivity contribution is 0.181. The second kappa shape index (κ2) is 7.96. The fourth-order valence-electron chi connectivity index (χ4n) is 2.72. The Morgan fingerprint density at radius 2 is 2.35 bits per heavy atom. The Bertz CT molecular complexity index is 421. The second-order valence-electron chi connectivity index (χ2n) is 5.56. The number of rotatable bonds is 7. The summed E-state index contributed by atoms with van der Waals surface area (Å²) in [5.74, 6) is 0.388. The molecule has 112 valence electrons. The van der Waals surface area contributed by atoms with E-state index in [0.717, 1.165) is 51.0 Å². The van der Waals surface area contributed by atoms with Crippen molar-refractivity contribution in [1.82, 2.24) is 5.32 Å². The molecule has 2 nitrogen and oxygen atoms in total. The normalized spacial score (nSPS) is 20.2. The molecule has 1 heterocycles. The van der Waals surface area contributed by atoms with Gasteiger partial charge in [-0.1, -0.05) is 18.5 Å². The van der Waals surface area contributed by atoms with Gasteiger partial charge in [0.15, 0.2) is 0 Å². The maximum Gasteiger partial charge on any atom is 0.123 e. The molecule has 0 spiro atoms. The molecule has 1 fully saturated rings. The number of hydrogen-bond acceptors (Lipinski definition) is 2. The van der Waals surface area contributed by atoms with Crippen LogP contribution < -0.4 is 5.32 Å². The highest BCUT2D eigenvalue weighted by molar-refractivity contribution is 6.31. The minimum absolute atomic E-state index is 0.220. The van der Waals surface area contributed by atoms with Crippen molar-refractivity contribution < 1.29 is 9.13 Å². The quantitative estimate of drug-likeness (QED) is 0.826. The van der Waals surface area contributed by atoms with Gasteiger partial charge in [0.2, 0.25) is 0 Å². The maximum absolute atomic E-state index is 13.4. The first kappa shape index (κ1) is 15.7. The van der Waals surface area contributed by atoms with E-state index in [-0.39, 0.29) is 5.82 Å². The van der Waals surface area contributed by atoms with Crippen molar-refractivity contribution in [1.29, 1.82) is 0 Å². The van der Waals surface area contributed by atoms with Gasteiger partial charge >= 0.3 is 0 Å². The van der Waals surface area contributed by atoms with Crippen LogP contribution in [0.1, 0.15) is 31.7 Å². The lowest BCUT2D eigenvalue weighted by atomic mass is 9.94. The van der Waals surface area contributed by atoms with Crippen LogP contribution in [-0.4, -0.2) is 25.8 Å². The molecule has 0 aromatic heterocycles. The minimum Gasteiger partial charge on any atom is -0.381 e. The van der Waals surface area contributed by atoms with Crippen molar-refractivity contribution in [3.8, 4) is 0 Å². The molecule has 0 bridgehead atoms. The molecule has 0 aliphatic carbocycles. The molecule has 1 aliphatic rings. The Morgan fingerprint density at radius 1 is 1.50 bits per heavy atom. The van der Waals surface area contributed by atoms with Gasteiger partial charge in [-0.2, -0.15) is 0 Å². The topological polar surface area (TPSA) is 21.3 Å². The molecule has 1 aromatic carbocycles. The summed E-state index contributed by atoms with van der Waals surface area (Å²) in [6.45, 7) is 4.84. The predicted molar refractivity (Wildman–Crippen MR) is 80.7 cm³/mol. The summed E-state index contributed by atoms with van der Waals surface area (Å²) >= 11 is 6.17. The molecule has 2 atom stereocenters. The van der Waals surface area contributed by atoms with E-state index in [1.165, 1.54) is 6.07 Å². The van der Waals surface area contributed by atoms with E-state index in [1.807, 2.05) is 0 Å². The fourth-order valence-corrected chi connectivity index (χ4v) is 2.92. The number of ether oxygens (including phenoxy) is 1. The van der Waals surface area contributed by atoms with Gasteiger partial charge in [0.05, 0.1) is 0 Å². The van der Waals surface area contributed by atoms with Crippen LogP contribution in [0.4, 0.5) is 4.39 Å². The average Bonchev–Trinajstić information content (AvgIpc) is 2.93. The second-order valence-corrected chi connectivity index (χ2v) is 5.96. The standard InChI is InChI=1S/C16H23ClFNO/c1-2-6-19-15(8-12-5-7-20-11-12)10-13-9-14(18)3-4-16(13)17/h3-4,9,12,15,19H,2,5-8,10-11H2,1H3. The van der Waals surface area contributed by atoms with Crippen molar-refractivity contribution in [2.75, 3.05) is 19.8 Å². The van der Waals surface area contributed by atoms with Gasteiger partial charge in [-0.25, -0.2) is 4.39 Å². The summed E-state index contributed by atoms with van der Waals surface area (Å²) < 4.78 is 18.8. The third-order valence-corrected chi connectivity index (χ3v) is 4.17. The van der Waals surface area contributed by atoms with Gasteiger partial charge < -0.3 is 10.1 Å². The van der Waals surface area contributed by atoms with Gasteiger partial charge in [-0.3, -0.25) is 0 Å². The van der Waals surface area contributed by atoms with Crippen LogP contribution in [-0.2, 0) is 11.2 Å². The summed E-state index contributed by atoms with van der Waals surface area (Å²) in [7, 11) is 0. The monoisotopic (exact) mass is 299 g/mol. The molecule has 1 aliphatic heterocycles. The SMILES string of the molecule is CCCNC(Cc1cc(F)ccc1Cl)CC1CCOC1. The maximum atomic E-state index is 13.4. The predicted octanol–water partition coefficient (Wildman–Crippen LogP) is 3.82. The van der Waals surface area contributed by atoms with Crippen LogP contribution >= 0.6 is 11.6 Å². The number of benzene rings is 1. The largest absolute Gasteiger partial charge is 0.381 e. The first-order valence-corrected chi connectivity index (χ1v) is 7.82. The van der Waals surface area contributed by atoms with Crippen LogP contribution in [0, 0.1) is 11.7 Å². The van der Waals surface area contributed by atoms with Crippen LogP contribution in [0.5, 0.6) is 0 Å². The number of nitrogens with one attached hydrogen (secondary N) is 1. The lowest BCUT2D eigenvalue weighted by Crippen LogP contribution is -2.34. The zero-order chi connectivity index (χ0) is 14.4. The number of halogens is 2. The minimum atomic E-state index is -0.220. The third-order valence-electron chi connectivity index (χ3n) is 3.80. The molecule has 1 aromatic rings. The summed E-state index contributed by atoms with van der Waals surface area (Å²) in [5, 5.41) is 4.21. The Balaban J connectivity index is 1.99. The van der Waals surface area contributed by atoms with E-state index in [9.17, 15) is 4.39 Å². The zero-order valence-corrected chi connectivity index (χ0v) is 12.8. The zero-order valence-electron chi connectivity index (χ0n) is 12.0. The molecule has 0 amide bonds. The highest BCUT2D eigenvalue weighted by Crippen LogP contribution is 2.23. The van der Waals surface area contributed by atoms with Crippen molar-refractivity contribution >= 4 is 11.6 Å². The summed E-state index contributed by atoms with van der Waals surface area (Å²) in [4.78, 5) is 0. The van der Waals surface area contributed by atoms with Crippen molar-refractivity contribution in [3.05, 3.63) is 34.6 Å². The van der Waals surface area contributed by atoms with Gasteiger partial charge in [0, 0.05) is 24.3 Å². The van der Waals surface area contributed by atoms with Gasteiger partial charge in [-0.15, -0.1) is 0 Å². The van der Waals surface area contributed by atoms with E-state index in [4.69, 9.17) is 16.3 Å². The molecule has 0 saturated carbocycles. The molecule has 1 saturated heterocycles. The molecule has 2 rings (SSSR count). The molecule has 0 radical (unpaired) electrons. The smallest absolute Gasteiger partial charge is 0.123 e. The first-order valence-electron chi connectivity index (χ1n) is 7.44. The molecule has 4 heteroatoms. The summed E-state index contributed by atoms with van der Waals surface area (Å²) in [6.07, 6.45) is 4.05. The first-order chi connectivity index (χ1) is 9.69. The van der Waals surface area contributed by atoms with E-state index >= 15 is 0 Å². The molecular formula is C16H23ClFNO. The molecule has 1 N–H and O–H groups in total. The van der Waals surface area contributed by atoms with E-state index in [2.05, 4.69) is 12.2 Å². The van der Waals surface area contributed by atoms with Gasteiger partial charge in [-0.05, 0) is 61.9 Å². The summed E-state index contributed by atoms with van der Waals surface area (Å²) in [6, 6.07) is 4.93. The highest BCUT2D eigenvalue weighted by atomic mass is 35.5. The van der Waals surface area contributed by atoms with Crippen LogP contribution in [0.15, 0.2) is 18.2 Å². The number of hydrogen-bond donors (Lipinski definition) is 1. The lowest BCUT2D eigenvalue weighted by Gasteiger charge is -2.22. The van der Waals surface area contributed by atoms with Crippen LogP contribution in [0.3, 0.4) is 0 Å². The van der Waals surface area contributed by atoms with Crippen molar-refractivity contribution in [2.45, 2.75) is 38.6 Å². The molecule has 2 unspecified atom stereocenters. The molecular weight excluding hydrogens is 277 g/mol. The van der Waals surface area contributed by atoms with Gasteiger partial charge in [0.25, 0.3) is 0 Å². The Labute approximate surface area is 125 Å². The summed E-state index contributed by atoms with van der Waals surface area (Å²) in [5.41, 5.74) is 0.888. The van der Waals surface area contributed by atoms with Crippen molar-refractivity contribution in [2.24, 2.45) is 5.92 Å². The average molecular weight is 300 g/mol. The Kier molecular flexibility index (Phi) is 6.27. The molecule has 20 heavy (non-hydrogen) atoms. The van der Waals surface area contributed by atoms with Gasteiger partial charge in [0.1, 0.15) is 5.82 Å². The van der Waals surface area contributed by atoms with E-state index in [1.54, 1.807) is 12.1 Å². The van der Waals surface area contributed by atoms with Crippen LogP contribution in [0.2, 0.25) is 5.02 Å². The van der Waals surface area contributed by atoms with E-state index in [0.29, 0.717) is 17.0 Å². The Hall–Kier alpha value is -0.640.